The number of carboxylic acids is 1. The third-order valence-electron chi connectivity index (χ3n) is 6.45. The van der Waals surface area contributed by atoms with Crippen molar-refractivity contribution in [2.45, 2.75) is 26.4 Å². The molecular formula is C30H26NNaO4S. The number of aromatic carboxylic acids is 1. The molecular weight excluding hydrogens is 493 g/mol. The second-order valence-corrected chi connectivity index (χ2v) is 9.85. The smallest absolute Gasteiger partial charge is 0.545 e. The fraction of sp³-hybridized carbons (Fsp3) is 0.200. The summed E-state index contributed by atoms with van der Waals surface area (Å²) in [5.74, 6) is -0.794. The van der Waals surface area contributed by atoms with E-state index in [1.54, 1.807) is 24.5 Å². The van der Waals surface area contributed by atoms with Crippen molar-refractivity contribution in [3.63, 3.8) is 0 Å². The maximum absolute atomic E-state index is 12.4. The van der Waals surface area contributed by atoms with Crippen LogP contribution in [0.2, 0.25) is 0 Å². The van der Waals surface area contributed by atoms with Gasteiger partial charge < -0.3 is 19.4 Å². The summed E-state index contributed by atoms with van der Waals surface area (Å²) in [4.78, 5) is 18.3. The average Bonchev–Trinajstić information content (AvgIpc) is 3.24. The zero-order valence-corrected chi connectivity index (χ0v) is 24.2. The van der Waals surface area contributed by atoms with Gasteiger partial charge in [0.2, 0.25) is 0 Å². The number of carbonyl (C=O) groups excluding carboxylic acids is 1. The van der Waals surface area contributed by atoms with Crippen LogP contribution in [0.1, 0.15) is 39.6 Å². The molecule has 0 saturated carbocycles. The molecule has 3 aromatic carbocycles. The van der Waals surface area contributed by atoms with Crippen LogP contribution < -0.4 is 39.4 Å². The Bertz CT molecular complexity index is 1570. The number of aryl methyl sites for hydroxylation is 2. The molecule has 5 nitrogen and oxygen atoms in total. The number of benzene rings is 3. The van der Waals surface area contributed by atoms with E-state index in [9.17, 15) is 9.90 Å². The molecule has 182 valence electrons. The van der Waals surface area contributed by atoms with Crippen molar-refractivity contribution in [2.75, 3.05) is 13.7 Å². The SMILES string of the molecule is COCC[C@@H](Oc1ccc(C)c2nc(-c3sc4ccccc4c3C)cc(C(=O)[O-])c12)c1ccccc1.[Na+]. The Labute approximate surface area is 242 Å². The van der Waals surface area contributed by atoms with Crippen molar-refractivity contribution in [3.8, 4) is 16.3 Å². The Hall–Kier alpha value is -2.74. The molecule has 2 aromatic heterocycles. The molecule has 0 aliphatic rings. The average molecular weight is 520 g/mol. The largest absolute Gasteiger partial charge is 1.00 e. The number of pyridine rings is 1. The molecule has 0 aliphatic carbocycles. The topological polar surface area (TPSA) is 71.5 Å². The first-order chi connectivity index (χ1) is 17.5. The zero-order valence-electron chi connectivity index (χ0n) is 21.4. The molecule has 0 fully saturated rings. The molecule has 5 rings (SSSR count). The Morgan fingerprint density at radius 3 is 2.46 bits per heavy atom. The number of fused-ring (bicyclic) bond motifs is 2. The molecule has 0 radical (unpaired) electrons. The van der Waals surface area contributed by atoms with Crippen LogP contribution in [-0.4, -0.2) is 24.7 Å². The van der Waals surface area contributed by atoms with Crippen LogP contribution in [0, 0.1) is 13.8 Å². The summed E-state index contributed by atoms with van der Waals surface area (Å²) in [5.41, 5.74) is 4.24. The number of ether oxygens (including phenoxy) is 2. The van der Waals surface area contributed by atoms with Crippen molar-refractivity contribution in [1.29, 1.82) is 0 Å². The van der Waals surface area contributed by atoms with Crippen LogP contribution in [0.15, 0.2) is 72.8 Å². The van der Waals surface area contributed by atoms with E-state index in [1.807, 2.05) is 68.4 Å². The first kappa shape index (κ1) is 27.3. The fourth-order valence-electron chi connectivity index (χ4n) is 4.58. The van der Waals surface area contributed by atoms with Crippen molar-refractivity contribution < 1.29 is 48.9 Å². The van der Waals surface area contributed by atoms with Crippen LogP contribution in [0.5, 0.6) is 5.75 Å². The normalized spacial score (nSPS) is 11.9. The molecule has 0 N–H and O–H groups in total. The fourth-order valence-corrected chi connectivity index (χ4v) is 5.75. The Kier molecular flexibility index (Phi) is 8.67. The summed E-state index contributed by atoms with van der Waals surface area (Å²) in [7, 11) is 1.65. The molecule has 37 heavy (non-hydrogen) atoms. The standard InChI is InChI=1S/C30H27NO4S.Na/c1-18-13-14-25(35-24(15-16-34-3)20-9-5-4-6-10-20)27-22(30(32)33)17-23(31-28(18)27)29-19(2)21-11-7-8-12-26(21)36-29;/h4-14,17,24H,15-16H2,1-3H3,(H,32,33);/q;+1/p-1/t24-;/m1./s1. The summed E-state index contributed by atoms with van der Waals surface area (Å²) in [5, 5.41) is 14.0. The monoisotopic (exact) mass is 519 g/mol. The van der Waals surface area contributed by atoms with Gasteiger partial charge in [0, 0.05) is 23.8 Å². The van der Waals surface area contributed by atoms with Crippen LogP contribution >= 0.6 is 11.3 Å². The summed E-state index contributed by atoms with van der Waals surface area (Å²) in [6.07, 6.45) is 0.305. The number of carboxylic acid groups (broad SMARTS) is 1. The van der Waals surface area contributed by atoms with Gasteiger partial charge in [0.1, 0.15) is 11.9 Å². The molecule has 0 unspecified atom stereocenters. The van der Waals surface area contributed by atoms with Gasteiger partial charge in [0.25, 0.3) is 0 Å². The second kappa shape index (κ2) is 11.8. The van der Waals surface area contributed by atoms with Gasteiger partial charge in [-0.05, 0) is 54.1 Å². The molecule has 5 aromatic rings. The number of aromatic nitrogens is 1. The first-order valence-electron chi connectivity index (χ1n) is 11.8. The van der Waals surface area contributed by atoms with Gasteiger partial charge in [-0.1, -0.05) is 54.6 Å². The zero-order chi connectivity index (χ0) is 25.2. The van der Waals surface area contributed by atoms with Crippen molar-refractivity contribution in [2.24, 2.45) is 0 Å². The van der Waals surface area contributed by atoms with E-state index >= 15 is 0 Å². The number of carbonyl (C=O) groups is 1. The Balaban J connectivity index is 0.00000320. The van der Waals surface area contributed by atoms with E-state index in [0.29, 0.717) is 35.4 Å². The Morgan fingerprint density at radius 2 is 1.76 bits per heavy atom. The van der Waals surface area contributed by atoms with Crippen LogP contribution in [0.3, 0.4) is 0 Å². The van der Waals surface area contributed by atoms with Gasteiger partial charge in [-0.2, -0.15) is 0 Å². The Morgan fingerprint density at radius 1 is 1.03 bits per heavy atom. The van der Waals surface area contributed by atoms with Crippen LogP contribution in [0.4, 0.5) is 0 Å². The maximum Gasteiger partial charge on any atom is 1.00 e. The van der Waals surface area contributed by atoms with E-state index < -0.39 is 5.97 Å². The van der Waals surface area contributed by atoms with E-state index in [0.717, 1.165) is 31.7 Å². The predicted molar refractivity (Wildman–Crippen MR) is 143 cm³/mol. The molecule has 0 amide bonds. The minimum Gasteiger partial charge on any atom is -0.545 e. The number of thiophene rings is 1. The number of hydrogen-bond acceptors (Lipinski definition) is 6. The number of nitrogens with zero attached hydrogens (tertiary/aromatic N) is 1. The number of rotatable bonds is 8. The van der Waals surface area contributed by atoms with Gasteiger partial charge in [0.05, 0.1) is 34.1 Å². The van der Waals surface area contributed by atoms with Gasteiger partial charge in [-0.25, -0.2) is 4.98 Å². The van der Waals surface area contributed by atoms with Gasteiger partial charge in [-0.3, -0.25) is 0 Å². The van der Waals surface area contributed by atoms with Gasteiger partial charge in [-0.15, -0.1) is 11.3 Å². The van der Waals surface area contributed by atoms with Crippen molar-refractivity contribution in [1.82, 2.24) is 4.98 Å². The van der Waals surface area contributed by atoms with Gasteiger partial charge in [0.15, 0.2) is 0 Å². The summed E-state index contributed by atoms with van der Waals surface area (Å²) < 4.78 is 12.9. The molecule has 0 saturated heterocycles. The summed E-state index contributed by atoms with van der Waals surface area (Å²) in [6.45, 7) is 4.48. The van der Waals surface area contributed by atoms with E-state index in [2.05, 4.69) is 12.1 Å². The van der Waals surface area contributed by atoms with Crippen molar-refractivity contribution in [3.05, 3.63) is 95.1 Å². The molecule has 0 spiro atoms. The van der Waals surface area contributed by atoms with E-state index in [-0.39, 0.29) is 41.2 Å². The van der Waals surface area contributed by atoms with E-state index in [1.165, 1.54) is 0 Å². The van der Waals surface area contributed by atoms with E-state index in [4.69, 9.17) is 14.5 Å². The molecule has 0 bridgehead atoms. The van der Waals surface area contributed by atoms with Gasteiger partial charge >= 0.3 is 29.6 Å². The minimum absolute atomic E-state index is 0. The third-order valence-corrected chi connectivity index (χ3v) is 7.74. The number of methoxy groups -OCH3 is 1. The summed E-state index contributed by atoms with van der Waals surface area (Å²) in [6, 6.07) is 23.4. The number of hydrogen-bond donors (Lipinski definition) is 0. The minimum atomic E-state index is -1.26. The summed E-state index contributed by atoms with van der Waals surface area (Å²) >= 11 is 1.61. The molecule has 1 atom stereocenters. The third kappa shape index (κ3) is 5.44. The predicted octanol–water partition coefficient (Wildman–Crippen LogP) is 3.26. The first-order valence-corrected chi connectivity index (χ1v) is 12.6. The van der Waals surface area contributed by atoms with Crippen LogP contribution in [-0.2, 0) is 4.74 Å². The second-order valence-electron chi connectivity index (χ2n) is 8.80. The quantitative estimate of drug-likeness (QED) is 0.295. The maximum atomic E-state index is 12.4. The molecule has 2 heterocycles. The van der Waals surface area contributed by atoms with Crippen molar-refractivity contribution >= 4 is 38.3 Å². The molecule has 0 aliphatic heterocycles. The van der Waals surface area contributed by atoms with Crippen LogP contribution in [0.25, 0.3) is 31.6 Å². The molecule has 7 heteroatoms.